The molecule has 0 atom stereocenters. The number of fused-ring (bicyclic) bond motifs is 1. The van der Waals surface area contributed by atoms with Gasteiger partial charge in [0.1, 0.15) is 11.8 Å². The van der Waals surface area contributed by atoms with Crippen LogP contribution in [-0.4, -0.2) is 17.3 Å². The Morgan fingerprint density at radius 2 is 1.94 bits per heavy atom. The van der Waals surface area contributed by atoms with Gasteiger partial charge in [-0.3, -0.25) is 5.10 Å². The van der Waals surface area contributed by atoms with Crippen molar-refractivity contribution in [2.75, 3.05) is 18.6 Å². The Kier molecular flexibility index (Phi) is 5.71. The molecular weight excluding hydrogens is 412 g/mol. The molecule has 3 aromatic carbocycles. The van der Waals surface area contributed by atoms with E-state index in [1.807, 2.05) is 43.3 Å². The third kappa shape index (κ3) is 3.96. The van der Waals surface area contributed by atoms with Crippen LogP contribution >= 0.6 is 0 Å². The molecule has 0 saturated carbocycles. The lowest BCUT2D eigenvalue weighted by Crippen LogP contribution is -2.02. The number of hydrogen-bond donors (Lipinski definition) is 3. The first-order valence-corrected chi connectivity index (χ1v) is 10.3. The van der Waals surface area contributed by atoms with Crippen LogP contribution in [-0.2, 0) is 6.42 Å². The minimum Gasteiger partial charge on any atom is -0.495 e. The molecule has 5 N–H and O–H groups in total. The van der Waals surface area contributed by atoms with Crippen LogP contribution in [0.2, 0.25) is 0 Å². The fourth-order valence-electron chi connectivity index (χ4n) is 4.17. The highest BCUT2D eigenvalue weighted by atomic mass is 16.5. The van der Waals surface area contributed by atoms with E-state index in [1.54, 1.807) is 18.2 Å². The highest BCUT2D eigenvalue weighted by molar-refractivity contribution is 6.00. The second kappa shape index (κ2) is 8.78. The Labute approximate surface area is 191 Å². The average Bonchev–Trinajstić information content (AvgIpc) is 3.19. The second-order valence-electron chi connectivity index (χ2n) is 7.71. The highest BCUT2D eigenvalue weighted by Crippen LogP contribution is 2.37. The topological polar surface area (TPSA) is 138 Å². The lowest BCUT2D eigenvalue weighted by molar-refractivity contribution is 0.413. The smallest absolute Gasteiger partial charge is 0.153 e. The summed E-state index contributed by atoms with van der Waals surface area (Å²) < 4.78 is 5.28. The Morgan fingerprint density at radius 1 is 1.12 bits per heavy atom. The third-order valence-electron chi connectivity index (χ3n) is 5.65. The zero-order chi connectivity index (χ0) is 23.5. The summed E-state index contributed by atoms with van der Waals surface area (Å²) in [7, 11) is 1.51. The number of para-hydroxylation sites is 1. The molecule has 7 nitrogen and oxygen atoms in total. The first kappa shape index (κ1) is 21.5. The Balaban J connectivity index is 1.95. The molecule has 7 heteroatoms. The first-order chi connectivity index (χ1) is 16.0. The average molecular weight is 435 g/mol. The van der Waals surface area contributed by atoms with Crippen molar-refractivity contribution in [1.82, 2.24) is 10.2 Å². The van der Waals surface area contributed by atoms with Gasteiger partial charge in [0.2, 0.25) is 0 Å². The van der Waals surface area contributed by atoms with Crippen LogP contribution in [0.3, 0.4) is 0 Å². The van der Waals surface area contributed by atoms with E-state index >= 15 is 0 Å². The van der Waals surface area contributed by atoms with Gasteiger partial charge in [0.05, 0.1) is 24.3 Å². The molecule has 0 radical (unpaired) electrons. The van der Waals surface area contributed by atoms with Crippen molar-refractivity contribution in [2.45, 2.75) is 13.3 Å². The van der Waals surface area contributed by atoms with Crippen molar-refractivity contribution in [2.24, 2.45) is 0 Å². The van der Waals surface area contributed by atoms with Gasteiger partial charge in [-0.05, 0) is 52.9 Å². The van der Waals surface area contributed by atoms with Gasteiger partial charge < -0.3 is 16.2 Å². The van der Waals surface area contributed by atoms with Gasteiger partial charge >= 0.3 is 0 Å². The number of nitrogens with two attached hydrogens (primary N) is 2. The number of allylic oxidation sites excluding steroid dienone is 1. The Bertz CT molecular complexity index is 1480. The van der Waals surface area contributed by atoms with Crippen LogP contribution < -0.4 is 16.2 Å². The van der Waals surface area contributed by atoms with E-state index in [1.165, 1.54) is 13.2 Å². The number of rotatable bonds is 5. The maximum atomic E-state index is 9.54. The minimum atomic E-state index is 0.420. The summed E-state index contributed by atoms with van der Waals surface area (Å²) in [6.07, 6.45) is 3.70. The summed E-state index contributed by atoms with van der Waals surface area (Å²) in [5.74, 6) is 0.885. The zero-order valence-corrected chi connectivity index (χ0v) is 18.3. The fourth-order valence-corrected chi connectivity index (χ4v) is 4.17. The largest absolute Gasteiger partial charge is 0.495 e. The Morgan fingerprint density at radius 3 is 2.67 bits per heavy atom. The lowest BCUT2D eigenvalue weighted by Gasteiger charge is -2.17. The van der Waals surface area contributed by atoms with Crippen LogP contribution in [0, 0.1) is 29.6 Å². The molecule has 0 unspecified atom stereocenters. The van der Waals surface area contributed by atoms with Crippen LogP contribution in [0.4, 0.5) is 11.5 Å². The number of aromatic nitrogens is 2. The number of nitrogen functional groups attached to an aromatic ring is 2. The van der Waals surface area contributed by atoms with Crippen molar-refractivity contribution >= 4 is 28.5 Å². The van der Waals surface area contributed by atoms with Crippen LogP contribution in [0.25, 0.3) is 28.1 Å². The molecule has 1 aromatic heterocycles. The van der Waals surface area contributed by atoms with E-state index in [-0.39, 0.29) is 0 Å². The van der Waals surface area contributed by atoms with Crippen LogP contribution in [0.1, 0.15) is 27.8 Å². The second-order valence-corrected chi connectivity index (χ2v) is 7.71. The van der Waals surface area contributed by atoms with Gasteiger partial charge in [-0.1, -0.05) is 24.3 Å². The molecule has 0 bridgehead atoms. The van der Waals surface area contributed by atoms with Gasteiger partial charge in [-0.2, -0.15) is 15.6 Å². The highest BCUT2D eigenvalue weighted by Gasteiger charge is 2.17. The lowest BCUT2D eigenvalue weighted by atomic mass is 9.88. The maximum absolute atomic E-state index is 9.54. The minimum absolute atomic E-state index is 0.420. The normalized spacial score (nSPS) is 10.9. The van der Waals surface area contributed by atoms with E-state index < -0.39 is 0 Å². The monoisotopic (exact) mass is 434 g/mol. The van der Waals surface area contributed by atoms with Gasteiger partial charge in [-0.15, -0.1) is 0 Å². The third-order valence-corrected chi connectivity index (χ3v) is 5.65. The van der Waals surface area contributed by atoms with Crippen molar-refractivity contribution in [3.8, 4) is 29.0 Å². The number of nitrogens with zero attached hydrogens (tertiary/aromatic N) is 3. The van der Waals surface area contributed by atoms with E-state index in [0.717, 1.165) is 44.3 Å². The summed E-state index contributed by atoms with van der Waals surface area (Å²) in [5.41, 5.74) is 19.9. The summed E-state index contributed by atoms with van der Waals surface area (Å²) in [5, 5.41) is 26.6. The standard InChI is InChI=1S/C26H22N6O/c1-15-9-16(5-4-8-27)10-18(11-17-12-19(14-28)23(33-2)13-22(17)29)24(15)20-6-3-7-21-25(20)31-32-26(21)30/h3-7,9-10,12-13H,11,29H2,1-2H3,(H3,30,31,32)/b5-4+. The van der Waals surface area contributed by atoms with Crippen LogP contribution in [0.15, 0.2) is 48.5 Å². The SMILES string of the molecule is COc1cc(N)c(Cc2cc(/C=C/C#N)cc(C)c2-c2cccc3c(N)n[nH]c23)cc1C#N. The number of aryl methyl sites for hydroxylation is 1. The maximum Gasteiger partial charge on any atom is 0.153 e. The van der Waals surface area contributed by atoms with Crippen molar-refractivity contribution in [3.05, 3.63) is 76.4 Å². The number of methoxy groups -OCH3 is 1. The number of hydrogen-bond acceptors (Lipinski definition) is 6. The zero-order valence-electron chi connectivity index (χ0n) is 18.3. The number of nitriles is 2. The molecule has 0 fully saturated rings. The van der Waals surface area contributed by atoms with Gasteiger partial charge in [0, 0.05) is 35.2 Å². The summed E-state index contributed by atoms with van der Waals surface area (Å²) >= 11 is 0. The molecular formula is C26H22N6O. The molecule has 0 aliphatic rings. The van der Waals surface area contributed by atoms with Gasteiger partial charge in [0.25, 0.3) is 0 Å². The van der Waals surface area contributed by atoms with E-state index in [2.05, 4.69) is 16.3 Å². The molecule has 162 valence electrons. The molecule has 0 aliphatic carbocycles. The van der Waals surface area contributed by atoms with Crippen molar-refractivity contribution in [3.63, 3.8) is 0 Å². The number of benzene rings is 3. The molecule has 0 aliphatic heterocycles. The van der Waals surface area contributed by atoms with E-state index in [0.29, 0.717) is 29.2 Å². The molecule has 1 heterocycles. The fraction of sp³-hybridized carbons (Fsp3) is 0.115. The number of aromatic amines is 1. The summed E-state index contributed by atoms with van der Waals surface area (Å²) in [4.78, 5) is 0. The van der Waals surface area contributed by atoms with Gasteiger partial charge in [-0.25, -0.2) is 0 Å². The molecule has 0 spiro atoms. The first-order valence-electron chi connectivity index (χ1n) is 10.3. The number of H-pyrrole nitrogens is 1. The molecule has 4 rings (SSSR count). The predicted octanol–water partition coefficient (Wildman–Crippen LogP) is 4.71. The van der Waals surface area contributed by atoms with Crippen molar-refractivity contribution in [1.29, 1.82) is 10.5 Å². The number of ether oxygens (including phenoxy) is 1. The quantitative estimate of drug-likeness (QED) is 0.307. The Hall–Kier alpha value is -4.75. The summed E-state index contributed by atoms with van der Waals surface area (Å²) in [6, 6.07) is 17.6. The molecule has 0 amide bonds. The molecule has 33 heavy (non-hydrogen) atoms. The summed E-state index contributed by atoms with van der Waals surface area (Å²) in [6.45, 7) is 2.03. The van der Waals surface area contributed by atoms with Crippen molar-refractivity contribution < 1.29 is 4.74 Å². The van der Waals surface area contributed by atoms with E-state index in [4.69, 9.17) is 21.5 Å². The molecule has 4 aromatic rings. The van der Waals surface area contributed by atoms with Crippen LogP contribution in [0.5, 0.6) is 5.75 Å². The predicted molar refractivity (Wildman–Crippen MR) is 130 cm³/mol. The van der Waals surface area contributed by atoms with E-state index in [9.17, 15) is 5.26 Å². The molecule has 0 saturated heterocycles. The number of anilines is 2. The van der Waals surface area contributed by atoms with Gasteiger partial charge in [0.15, 0.2) is 5.82 Å². The number of nitrogens with one attached hydrogen (secondary N) is 1.